The summed E-state index contributed by atoms with van der Waals surface area (Å²) in [7, 11) is 0. The Morgan fingerprint density at radius 2 is 2.06 bits per heavy atom. The highest BCUT2D eigenvalue weighted by Gasteiger charge is 2.39. The van der Waals surface area contributed by atoms with Gasteiger partial charge in [0, 0.05) is 6.54 Å². The molecule has 0 amide bonds. The van der Waals surface area contributed by atoms with Gasteiger partial charge in [0.05, 0.1) is 6.07 Å². The fraction of sp³-hybridized carbons (Fsp3) is 0.800. The van der Waals surface area contributed by atoms with Crippen LogP contribution in [0.25, 0.3) is 0 Å². The van der Waals surface area contributed by atoms with Crippen LogP contribution in [0.3, 0.4) is 0 Å². The molecule has 96 valence electrons. The van der Waals surface area contributed by atoms with Crippen LogP contribution in [0.15, 0.2) is 12.7 Å². The van der Waals surface area contributed by atoms with E-state index in [0.29, 0.717) is 5.41 Å². The third kappa shape index (κ3) is 3.33. The summed E-state index contributed by atoms with van der Waals surface area (Å²) in [5, 5.41) is 12.7. The van der Waals surface area contributed by atoms with E-state index in [0.717, 1.165) is 25.3 Å². The number of hydrogen-bond donors (Lipinski definition) is 1. The van der Waals surface area contributed by atoms with E-state index < -0.39 is 0 Å². The lowest BCUT2D eigenvalue weighted by molar-refractivity contribution is 0.120. The second-order valence-corrected chi connectivity index (χ2v) is 5.98. The summed E-state index contributed by atoms with van der Waals surface area (Å²) in [5.74, 6) is 0.763. The van der Waals surface area contributed by atoms with Crippen LogP contribution in [0, 0.1) is 22.7 Å². The molecule has 0 atom stereocenters. The van der Waals surface area contributed by atoms with Crippen molar-refractivity contribution in [2.24, 2.45) is 11.3 Å². The van der Waals surface area contributed by atoms with Crippen molar-refractivity contribution in [3.63, 3.8) is 0 Å². The first-order valence-electron chi connectivity index (χ1n) is 6.77. The van der Waals surface area contributed by atoms with Gasteiger partial charge < -0.3 is 0 Å². The normalized spacial score (nSPS) is 29.6. The van der Waals surface area contributed by atoms with E-state index in [2.05, 4.69) is 38.7 Å². The van der Waals surface area contributed by atoms with E-state index >= 15 is 0 Å². The minimum absolute atomic E-state index is 0.297. The lowest BCUT2D eigenvalue weighted by Gasteiger charge is -2.42. The maximum absolute atomic E-state index is 9.37. The van der Waals surface area contributed by atoms with E-state index in [9.17, 15) is 5.26 Å². The molecule has 0 aromatic carbocycles. The quantitative estimate of drug-likeness (QED) is 0.737. The average molecular weight is 234 g/mol. The molecule has 1 rings (SSSR count). The highest BCUT2D eigenvalue weighted by atomic mass is 15.0. The molecule has 0 aromatic rings. The van der Waals surface area contributed by atoms with Gasteiger partial charge in [-0.2, -0.15) is 5.26 Å². The minimum atomic E-state index is -0.297. The van der Waals surface area contributed by atoms with Crippen molar-refractivity contribution in [2.75, 3.05) is 6.54 Å². The first-order chi connectivity index (χ1) is 7.99. The zero-order valence-corrected chi connectivity index (χ0v) is 11.6. The summed E-state index contributed by atoms with van der Waals surface area (Å²) in [6.07, 6.45) is 7.34. The first-order valence-corrected chi connectivity index (χ1v) is 6.77. The van der Waals surface area contributed by atoms with Crippen LogP contribution in [-0.4, -0.2) is 12.1 Å². The number of nitrogens with one attached hydrogen (secondary N) is 1. The third-order valence-corrected chi connectivity index (χ3v) is 4.65. The molecule has 0 heterocycles. The highest BCUT2D eigenvalue weighted by Crippen LogP contribution is 2.43. The zero-order valence-electron chi connectivity index (χ0n) is 11.6. The third-order valence-electron chi connectivity index (χ3n) is 4.65. The van der Waals surface area contributed by atoms with Crippen LogP contribution in [0.4, 0.5) is 0 Å². The molecule has 0 saturated heterocycles. The lowest BCUT2D eigenvalue weighted by atomic mass is 9.66. The zero-order chi connectivity index (χ0) is 12.9. The summed E-state index contributed by atoms with van der Waals surface area (Å²) in [5.41, 5.74) is 0.120. The largest absolute Gasteiger partial charge is 0.296 e. The molecule has 1 aliphatic carbocycles. The molecule has 2 nitrogen and oxygen atoms in total. The Morgan fingerprint density at radius 1 is 1.47 bits per heavy atom. The van der Waals surface area contributed by atoms with Crippen LogP contribution >= 0.6 is 0 Å². The Morgan fingerprint density at radius 3 is 2.47 bits per heavy atom. The standard InChI is InChI=1S/C15H26N2/c1-5-11-17-15(12-16)9-7-13(8-10-15)14(3,4)6-2/h5,13,17H,1,6-11H2,2-4H3. The second kappa shape index (κ2) is 5.69. The molecular weight excluding hydrogens is 208 g/mol. The van der Waals surface area contributed by atoms with Crippen LogP contribution in [-0.2, 0) is 0 Å². The van der Waals surface area contributed by atoms with Gasteiger partial charge in [0.1, 0.15) is 5.54 Å². The average Bonchev–Trinajstić information content (AvgIpc) is 2.37. The molecule has 0 radical (unpaired) electrons. The molecule has 2 heteroatoms. The van der Waals surface area contributed by atoms with Gasteiger partial charge in [0.2, 0.25) is 0 Å². The van der Waals surface area contributed by atoms with Crippen molar-refractivity contribution < 1.29 is 0 Å². The smallest absolute Gasteiger partial charge is 0.107 e. The van der Waals surface area contributed by atoms with Gasteiger partial charge >= 0.3 is 0 Å². The maximum atomic E-state index is 9.37. The van der Waals surface area contributed by atoms with Gasteiger partial charge in [0.25, 0.3) is 0 Å². The van der Waals surface area contributed by atoms with Crippen LogP contribution in [0.1, 0.15) is 52.9 Å². The lowest BCUT2D eigenvalue weighted by Crippen LogP contribution is -2.48. The van der Waals surface area contributed by atoms with Gasteiger partial charge in [-0.05, 0) is 37.0 Å². The summed E-state index contributed by atoms with van der Waals surface area (Å²) in [6.45, 7) is 11.4. The fourth-order valence-corrected chi connectivity index (χ4v) is 2.78. The van der Waals surface area contributed by atoms with Crippen LogP contribution < -0.4 is 5.32 Å². The van der Waals surface area contributed by atoms with Crippen molar-refractivity contribution >= 4 is 0 Å². The molecule has 0 spiro atoms. The summed E-state index contributed by atoms with van der Waals surface area (Å²) in [6, 6.07) is 2.48. The molecule has 0 aliphatic heterocycles. The molecule has 17 heavy (non-hydrogen) atoms. The highest BCUT2D eigenvalue weighted by molar-refractivity contribution is 5.10. The Balaban J connectivity index is 2.59. The molecule has 1 aliphatic rings. The predicted molar refractivity (Wildman–Crippen MR) is 72.6 cm³/mol. The first kappa shape index (κ1) is 14.3. The Bertz CT molecular complexity index is 291. The Labute approximate surface area is 106 Å². The molecule has 1 fully saturated rings. The van der Waals surface area contributed by atoms with Crippen molar-refractivity contribution in [2.45, 2.75) is 58.4 Å². The van der Waals surface area contributed by atoms with Gasteiger partial charge in [0.15, 0.2) is 0 Å². The topological polar surface area (TPSA) is 35.8 Å². The molecule has 0 aromatic heterocycles. The van der Waals surface area contributed by atoms with Crippen LogP contribution in [0.5, 0.6) is 0 Å². The number of rotatable bonds is 5. The molecule has 1 saturated carbocycles. The van der Waals surface area contributed by atoms with Crippen LogP contribution in [0.2, 0.25) is 0 Å². The van der Waals surface area contributed by atoms with Gasteiger partial charge in [-0.1, -0.05) is 33.3 Å². The SMILES string of the molecule is C=CCNC1(C#N)CCC(C(C)(C)CC)CC1. The van der Waals surface area contributed by atoms with Gasteiger partial charge in [-0.15, -0.1) is 6.58 Å². The van der Waals surface area contributed by atoms with E-state index in [4.69, 9.17) is 0 Å². The van der Waals surface area contributed by atoms with Crippen molar-refractivity contribution in [3.8, 4) is 6.07 Å². The fourth-order valence-electron chi connectivity index (χ4n) is 2.78. The summed E-state index contributed by atoms with van der Waals surface area (Å²) >= 11 is 0. The second-order valence-electron chi connectivity index (χ2n) is 5.98. The predicted octanol–water partition coefficient (Wildman–Crippen LogP) is 3.65. The number of nitrogens with zero attached hydrogens (tertiary/aromatic N) is 1. The van der Waals surface area contributed by atoms with Crippen molar-refractivity contribution in [1.82, 2.24) is 5.32 Å². The number of hydrogen-bond acceptors (Lipinski definition) is 2. The van der Waals surface area contributed by atoms with E-state index in [1.165, 1.54) is 19.3 Å². The Hall–Kier alpha value is -0.810. The van der Waals surface area contributed by atoms with E-state index in [1.54, 1.807) is 0 Å². The number of nitriles is 1. The van der Waals surface area contributed by atoms with Crippen molar-refractivity contribution in [3.05, 3.63) is 12.7 Å². The summed E-state index contributed by atoms with van der Waals surface area (Å²) < 4.78 is 0. The van der Waals surface area contributed by atoms with Gasteiger partial charge in [-0.3, -0.25) is 5.32 Å². The van der Waals surface area contributed by atoms with Crippen molar-refractivity contribution in [1.29, 1.82) is 5.26 Å². The molecular formula is C15H26N2. The molecule has 0 bridgehead atoms. The summed E-state index contributed by atoms with van der Waals surface area (Å²) in [4.78, 5) is 0. The van der Waals surface area contributed by atoms with E-state index in [1.807, 2.05) is 6.08 Å². The molecule has 1 N–H and O–H groups in total. The Kier molecular flexibility index (Phi) is 4.77. The minimum Gasteiger partial charge on any atom is -0.296 e. The van der Waals surface area contributed by atoms with E-state index in [-0.39, 0.29) is 5.54 Å². The van der Waals surface area contributed by atoms with Gasteiger partial charge in [-0.25, -0.2) is 0 Å². The molecule has 0 unspecified atom stereocenters. The maximum Gasteiger partial charge on any atom is 0.107 e. The monoisotopic (exact) mass is 234 g/mol.